The normalized spacial score (nSPS) is 16.4. The van der Waals surface area contributed by atoms with Crippen LogP contribution in [-0.2, 0) is 0 Å². The Morgan fingerprint density at radius 3 is 2.35 bits per heavy atom. The smallest absolute Gasteiger partial charge is 0.251 e. The fourth-order valence-corrected chi connectivity index (χ4v) is 2.70. The van der Waals surface area contributed by atoms with Gasteiger partial charge in [0.05, 0.1) is 0 Å². The quantitative estimate of drug-likeness (QED) is 0.798. The molecule has 0 aromatic heterocycles. The lowest BCUT2D eigenvalue weighted by Crippen LogP contribution is -2.34. The number of nitrogens with one attached hydrogen (secondary N) is 2. The first kappa shape index (κ1) is 14.9. The molecule has 0 heterocycles. The van der Waals surface area contributed by atoms with Gasteiger partial charge in [0.2, 0.25) is 0 Å². The van der Waals surface area contributed by atoms with Gasteiger partial charge in [0.25, 0.3) is 5.91 Å². The predicted molar refractivity (Wildman–Crippen MR) is 84.2 cm³/mol. The van der Waals surface area contributed by atoms with Crippen molar-refractivity contribution in [2.75, 3.05) is 11.9 Å². The van der Waals surface area contributed by atoms with Crippen molar-refractivity contribution in [3.05, 3.63) is 29.8 Å². The van der Waals surface area contributed by atoms with Gasteiger partial charge in [0.1, 0.15) is 0 Å². The number of hydrogen-bond donors (Lipinski definition) is 2. The van der Waals surface area contributed by atoms with E-state index in [1.807, 2.05) is 24.3 Å². The standard InChI is InChI=1S/C17H26N2O/c1-2-13-18-15-11-9-14(10-12-15)17(20)19-16-7-5-3-4-6-8-16/h9-12,16,18H,2-8,13H2,1H3,(H,19,20). The van der Waals surface area contributed by atoms with Crippen molar-refractivity contribution in [1.29, 1.82) is 0 Å². The molecule has 0 unspecified atom stereocenters. The van der Waals surface area contributed by atoms with Crippen LogP contribution in [0.3, 0.4) is 0 Å². The van der Waals surface area contributed by atoms with Crippen molar-refractivity contribution in [2.45, 2.75) is 57.9 Å². The van der Waals surface area contributed by atoms with Gasteiger partial charge in [0, 0.05) is 23.8 Å². The van der Waals surface area contributed by atoms with Gasteiger partial charge in [-0.15, -0.1) is 0 Å². The minimum Gasteiger partial charge on any atom is -0.385 e. The zero-order valence-corrected chi connectivity index (χ0v) is 12.5. The molecule has 3 heteroatoms. The maximum atomic E-state index is 12.2. The summed E-state index contributed by atoms with van der Waals surface area (Å²) in [6.07, 6.45) is 8.46. The Balaban J connectivity index is 1.88. The van der Waals surface area contributed by atoms with Crippen molar-refractivity contribution < 1.29 is 4.79 Å². The van der Waals surface area contributed by atoms with Crippen molar-refractivity contribution in [1.82, 2.24) is 5.32 Å². The summed E-state index contributed by atoms with van der Waals surface area (Å²) in [5.41, 5.74) is 1.84. The van der Waals surface area contributed by atoms with Crippen molar-refractivity contribution in [2.24, 2.45) is 0 Å². The SMILES string of the molecule is CCCNc1ccc(C(=O)NC2CCCCCC2)cc1. The summed E-state index contributed by atoms with van der Waals surface area (Å²) in [6.45, 7) is 3.11. The highest BCUT2D eigenvalue weighted by atomic mass is 16.1. The molecule has 0 bridgehead atoms. The highest BCUT2D eigenvalue weighted by molar-refractivity contribution is 5.94. The number of amides is 1. The molecule has 2 N–H and O–H groups in total. The summed E-state index contributed by atoms with van der Waals surface area (Å²) in [6, 6.07) is 8.14. The largest absolute Gasteiger partial charge is 0.385 e. The van der Waals surface area contributed by atoms with Crippen LogP contribution in [0, 0.1) is 0 Å². The van der Waals surface area contributed by atoms with Crippen LogP contribution in [0.15, 0.2) is 24.3 Å². The van der Waals surface area contributed by atoms with E-state index in [1.54, 1.807) is 0 Å². The summed E-state index contributed by atoms with van der Waals surface area (Å²) in [5.74, 6) is 0.0685. The molecule has 1 aliphatic rings. The molecule has 1 amide bonds. The van der Waals surface area contributed by atoms with Crippen LogP contribution >= 0.6 is 0 Å². The van der Waals surface area contributed by atoms with Crippen LogP contribution in [0.2, 0.25) is 0 Å². The van der Waals surface area contributed by atoms with Crippen molar-refractivity contribution in [3.63, 3.8) is 0 Å². The first-order chi connectivity index (χ1) is 9.79. The maximum Gasteiger partial charge on any atom is 0.251 e. The molecule has 0 atom stereocenters. The van der Waals surface area contributed by atoms with Crippen LogP contribution < -0.4 is 10.6 Å². The van der Waals surface area contributed by atoms with E-state index in [2.05, 4.69) is 17.6 Å². The Bertz CT molecular complexity index is 406. The van der Waals surface area contributed by atoms with Gasteiger partial charge in [-0.05, 0) is 43.5 Å². The van der Waals surface area contributed by atoms with E-state index in [0.717, 1.165) is 37.1 Å². The fraction of sp³-hybridized carbons (Fsp3) is 0.588. The topological polar surface area (TPSA) is 41.1 Å². The number of hydrogen-bond acceptors (Lipinski definition) is 2. The van der Waals surface area contributed by atoms with E-state index in [4.69, 9.17) is 0 Å². The van der Waals surface area contributed by atoms with Crippen molar-refractivity contribution in [3.8, 4) is 0 Å². The van der Waals surface area contributed by atoms with E-state index in [9.17, 15) is 4.79 Å². The summed E-state index contributed by atoms with van der Waals surface area (Å²) in [5, 5.41) is 6.50. The van der Waals surface area contributed by atoms with Gasteiger partial charge in [0.15, 0.2) is 0 Å². The molecule has 0 radical (unpaired) electrons. The first-order valence-electron chi connectivity index (χ1n) is 7.94. The van der Waals surface area contributed by atoms with Crippen LogP contribution in [0.4, 0.5) is 5.69 Å². The van der Waals surface area contributed by atoms with Gasteiger partial charge in [-0.1, -0.05) is 32.6 Å². The monoisotopic (exact) mass is 274 g/mol. The maximum absolute atomic E-state index is 12.2. The third-order valence-electron chi connectivity index (χ3n) is 3.92. The van der Waals surface area contributed by atoms with Gasteiger partial charge < -0.3 is 10.6 Å². The molecule has 20 heavy (non-hydrogen) atoms. The molecule has 2 rings (SSSR count). The highest BCUT2D eigenvalue weighted by Crippen LogP contribution is 2.18. The molecule has 0 spiro atoms. The zero-order valence-electron chi connectivity index (χ0n) is 12.5. The Labute approximate surface area is 122 Å². The lowest BCUT2D eigenvalue weighted by Gasteiger charge is -2.16. The van der Waals surface area contributed by atoms with Crippen molar-refractivity contribution >= 4 is 11.6 Å². The Kier molecular flexibility index (Phi) is 5.90. The van der Waals surface area contributed by atoms with Crippen LogP contribution in [-0.4, -0.2) is 18.5 Å². The summed E-state index contributed by atoms with van der Waals surface area (Å²) >= 11 is 0. The molecule has 0 saturated heterocycles. The lowest BCUT2D eigenvalue weighted by molar-refractivity contribution is 0.0933. The number of anilines is 1. The fourth-order valence-electron chi connectivity index (χ4n) is 2.70. The predicted octanol–water partition coefficient (Wildman–Crippen LogP) is 3.96. The Morgan fingerprint density at radius 1 is 1.10 bits per heavy atom. The molecule has 1 aromatic carbocycles. The Morgan fingerprint density at radius 2 is 1.75 bits per heavy atom. The molecule has 1 saturated carbocycles. The highest BCUT2D eigenvalue weighted by Gasteiger charge is 2.15. The first-order valence-corrected chi connectivity index (χ1v) is 7.94. The Hall–Kier alpha value is -1.51. The molecular formula is C17H26N2O. The molecule has 1 aliphatic carbocycles. The van der Waals surface area contributed by atoms with E-state index in [-0.39, 0.29) is 5.91 Å². The average Bonchev–Trinajstić information content (AvgIpc) is 2.74. The van der Waals surface area contributed by atoms with Gasteiger partial charge in [-0.25, -0.2) is 0 Å². The molecule has 1 fully saturated rings. The third kappa shape index (κ3) is 4.55. The minimum absolute atomic E-state index is 0.0685. The van der Waals surface area contributed by atoms with E-state index >= 15 is 0 Å². The minimum atomic E-state index is 0.0685. The second-order valence-corrected chi connectivity index (χ2v) is 5.67. The summed E-state index contributed by atoms with van der Waals surface area (Å²) < 4.78 is 0. The van der Waals surface area contributed by atoms with Crippen LogP contribution in [0.1, 0.15) is 62.2 Å². The number of carbonyl (C=O) groups excluding carboxylic acids is 1. The van der Waals surface area contributed by atoms with Gasteiger partial charge in [-0.2, -0.15) is 0 Å². The second kappa shape index (κ2) is 7.93. The lowest BCUT2D eigenvalue weighted by atomic mass is 10.1. The summed E-state index contributed by atoms with van der Waals surface area (Å²) in [4.78, 5) is 12.2. The molecule has 3 nitrogen and oxygen atoms in total. The second-order valence-electron chi connectivity index (χ2n) is 5.67. The molecule has 110 valence electrons. The molecular weight excluding hydrogens is 248 g/mol. The van der Waals surface area contributed by atoms with Gasteiger partial charge in [-0.3, -0.25) is 4.79 Å². The number of carbonyl (C=O) groups is 1. The van der Waals surface area contributed by atoms with E-state index in [1.165, 1.54) is 25.7 Å². The third-order valence-corrected chi connectivity index (χ3v) is 3.92. The number of benzene rings is 1. The van der Waals surface area contributed by atoms with E-state index in [0.29, 0.717) is 6.04 Å². The summed E-state index contributed by atoms with van der Waals surface area (Å²) in [7, 11) is 0. The number of rotatable bonds is 5. The average molecular weight is 274 g/mol. The van der Waals surface area contributed by atoms with E-state index < -0.39 is 0 Å². The zero-order chi connectivity index (χ0) is 14.2. The van der Waals surface area contributed by atoms with Crippen LogP contribution in [0.25, 0.3) is 0 Å². The molecule has 0 aliphatic heterocycles. The van der Waals surface area contributed by atoms with Crippen LogP contribution in [0.5, 0.6) is 0 Å². The van der Waals surface area contributed by atoms with Gasteiger partial charge >= 0.3 is 0 Å². The molecule has 1 aromatic rings.